The van der Waals surface area contributed by atoms with Crippen LogP contribution >= 0.6 is 0 Å². The highest BCUT2D eigenvalue weighted by Crippen LogP contribution is 2.39. The van der Waals surface area contributed by atoms with E-state index >= 15 is 0 Å². The van der Waals surface area contributed by atoms with Crippen LogP contribution in [0.5, 0.6) is 0 Å². The largest absolute Gasteiger partial charge is 0.335 e. The zero-order valence-corrected chi connectivity index (χ0v) is 16.6. The number of carbonyl (C=O) groups excluding carboxylic acids is 2. The molecular formula is C21H26N6O2. The van der Waals surface area contributed by atoms with Crippen LogP contribution in [0.1, 0.15) is 60.7 Å². The number of aryl methyl sites for hydroxylation is 1. The smallest absolute Gasteiger partial charge is 0.292 e. The molecule has 1 unspecified atom stereocenters. The van der Waals surface area contributed by atoms with Crippen molar-refractivity contribution < 1.29 is 9.59 Å². The molecule has 2 aromatic rings. The Bertz CT molecular complexity index is 927. The molecule has 3 aliphatic heterocycles. The van der Waals surface area contributed by atoms with Gasteiger partial charge in [-0.25, -0.2) is 0 Å². The maximum Gasteiger partial charge on any atom is 0.292 e. The lowest BCUT2D eigenvalue weighted by Gasteiger charge is -2.44. The molecule has 5 heterocycles. The average molecular weight is 394 g/mol. The van der Waals surface area contributed by atoms with Crippen LogP contribution in [0.4, 0.5) is 0 Å². The van der Waals surface area contributed by atoms with E-state index in [1.807, 2.05) is 27.7 Å². The molecule has 0 saturated carbocycles. The Morgan fingerprint density at radius 3 is 2.72 bits per heavy atom. The summed E-state index contributed by atoms with van der Waals surface area (Å²) in [5.74, 6) is 1.20. The molecule has 5 rings (SSSR count). The van der Waals surface area contributed by atoms with E-state index in [1.54, 1.807) is 11.1 Å². The van der Waals surface area contributed by atoms with E-state index in [1.165, 1.54) is 0 Å². The molecule has 152 valence electrons. The first-order valence-corrected chi connectivity index (χ1v) is 10.6. The zero-order valence-electron chi connectivity index (χ0n) is 16.6. The Kier molecular flexibility index (Phi) is 4.56. The average Bonchev–Trinajstić information content (AvgIpc) is 3.37. The van der Waals surface area contributed by atoms with Gasteiger partial charge in [0.1, 0.15) is 11.4 Å². The minimum absolute atomic E-state index is 0.0543. The fourth-order valence-electron chi connectivity index (χ4n) is 5.15. The summed E-state index contributed by atoms with van der Waals surface area (Å²) in [4.78, 5) is 35.1. The second kappa shape index (κ2) is 7.24. The van der Waals surface area contributed by atoms with Gasteiger partial charge in [0.25, 0.3) is 5.91 Å². The maximum absolute atomic E-state index is 13.6. The minimum atomic E-state index is -0.745. The number of hydrogen-bond acceptors (Lipinski definition) is 5. The summed E-state index contributed by atoms with van der Waals surface area (Å²) in [6.45, 7) is 2.58. The number of carbonyl (C=O) groups is 2. The minimum Gasteiger partial charge on any atom is -0.335 e. The summed E-state index contributed by atoms with van der Waals surface area (Å²) < 4.78 is 1.96. The second-order valence-corrected chi connectivity index (χ2v) is 8.29. The monoisotopic (exact) mass is 394 g/mol. The third kappa shape index (κ3) is 3.01. The van der Waals surface area contributed by atoms with Crippen LogP contribution in [0.25, 0.3) is 0 Å². The molecule has 0 aromatic carbocycles. The van der Waals surface area contributed by atoms with Crippen LogP contribution in [-0.2, 0) is 24.3 Å². The van der Waals surface area contributed by atoms with Crippen molar-refractivity contribution in [3.63, 3.8) is 0 Å². The number of pyridine rings is 1. The van der Waals surface area contributed by atoms with Gasteiger partial charge in [-0.2, -0.15) is 0 Å². The van der Waals surface area contributed by atoms with Crippen LogP contribution in [-0.4, -0.2) is 60.0 Å². The predicted octanol–water partition coefficient (Wildman–Crippen LogP) is 1.81. The number of fused-ring (bicyclic) bond motifs is 1. The molecule has 2 saturated heterocycles. The maximum atomic E-state index is 13.6. The Morgan fingerprint density at radius 2 is 1.90 bits per heavy atom. The molecule has 2 aromatic heterocycles. The quantitative estimate of drug-likeness (QED) is 0.793. The van der Waals surface area contributed by atoms with E-state index < -0.39 is 5.54 Å². The highest BCUT2D eigenvalue weighted by Gasteiger charge is 2.53. The van der Waals surface area contributed by atoms with Crippen LogP contribution in [0.3, 0.4) is 0 Å². The van der Waals surface area contributed by atoms with E-state index in [9.17, 15) is 9.59 Å². The summed E-state index contributed by atoms with van der Waals surface area (Å²) in [6.07, 6.45) is 7.90. The summed E-state index contributed by atoms with van der Waals surface area (Å²) >= 11 is 0. The predicted molar refractivity (Wildman–Crippen MR) is 105 cm³/mol. The van der Waals surface area contributed by atoms with Crippen molar-refractivity contribution in [1.82, 2.24) is 29.5 Å². The van der Waals surface area contributed by atoms with Gasteiger partial charge in [0, 0.05) is 32.3 Å². The number of rotatable bonds is 3. The molecule has 29 heavy (non-hydrogen) atoms. The molecule has 0 N–H and O–H groups in total. The fourth-order valence-corrected chi connectivity index (χ4v) is 5.15. The molecule has 1 atom stereocenters. The standard InChI is InChI=1S/C21H26N6O2/c28-19(18-24-23-17-8-2-4-13-26(17)18)27-14-6-10-21(27)9-5-12-25(20(21)29)15-16-7-1-3-11-22-16/h1,3,7,11H,2,4-6,8-10,12-15H2. The van der Waals surface area contributed by atoms with Crippen molar-refractivity contribution in [2.75, 3.05) is 13.1 Å². The van der Waals surface area contributed by atoms with Crippen molar-refractivity contribution >= 4 is 11.8 Å². The van der Waals surface area contributed by atoms with Crippen molar-refractivity contribution in [3.8, 4) is 0 Å². The lowest BCUT2D eigenvalue weighted by molar-refractivity contribution is -0.146. The molecule has 0 aliphatic carbocycles. The third-order valence-electron chi connectivity index (χ3n) is 6.57. The van der Waals surface area contributed by atoms with Crippen molar-refractivity contribution in [2.45, 2.75) is 63.6 Å². The van der Waals surface area contributed by atoms with Gasteiger partial charge in [0.05, 0.1) is 12.2 Å². The number of piperidine rings is 1. The van der Waals surface area contributed by atoms with Gasteiger partial charge in [0.2, 0.25) is 11.7 Å². The molecular weight excluding hydrogens is 368 g/mol. The van der Waals surface area contributed by atoms with Crippen molar-refractivity contribution in [2.24, 2.45) is 0 Å². The number of hydrogen-bond donors (Lipinski definition) is 0. The van der Waals surface area contributed by atoms with E-state index in [0.717, 1.165) is 63.0 Å². The van der Waals surface area contributed by atoms with Gasteiger partial charge < -0.3 is 14.4 Å². The van der Waals surface area contributed by atoms with E-state index in [4.69, 9.17) is 0 Å². The highest BCUT2D eigenvalue weighted by molar-refractivity contribution is 5.98. The Morgan fingerprint density at radius 1 is 1.03 bits per heavy atom. The van der Waals surface area contributed by atoms with Crippen LogP contribution in [0.2, 0.25) is 0 Å². The Hall–Kier alpha value is -2.77. The Balaban J connectivity index is 1.42. The molecule has 2 amide bonds. The molecule has 1 spiro atoms. The van der Waals surface area contributed by atoms with Crippen molar-refractivity contribution in [3.05, 3.63) is 41.7 Å². The van der Waals surface area contributed by atoms with E-state index in [0.29, 0.717) is 25.5 Å². The van der Waals surface area contributed by atoms with Gasteiger partial charge in [-0.05, 0) is 50.7 Å². The third-order valence-corrected chi connectivity index (χ3v) is 6.57. The van der Waals surface area contributed by atoms with Gasteiger partial charge in [-0.15, -0.1) is 10.2 Å². The lowest BCUT2D eigenvalue weighted by Crippen LogP contribution is -2.61. The van der Waals surface area contributed by atoms with Crippen LogP contribution in [0, 0.1) is 0 Å². The van der Waals surface area contributed by atoms with Gasteiger partial charge >= 0.3 is 0 Å². The van der Waals surface area contributed by atoms with E-state index in [-0.39, 0.29) is 11.8 Å². The van der Waals surface area contributed by atoms with Gasteiger partial charge in [-0.1, -0.05) is 6.07 Å². The summed E-state index contributed by atoms with van der Waals surface area (Å²) in [5.41, 5.74) is 0.130. The number of aromatic nitrogens is 4. The van der Waals surface area contributed by atoms with Gasteiger partial charge in [0.15, 0.2) is 0 Å². The lowest BCUT2D eigenvalue weighted by atomic mass is 9.85. The molecule has 0 radical (unpaired) electrons. The fraction of sp³-hybridized carbons (Fsp3) is 0.571. The van der Waals surface area contributed by atoms with Crippen LogP contribution < -0.4 is 0 Å². The molecule has 2 fully saturated rings. The first kappa shape index (κ1) is 18.3. The second-order valence-electron chi connectivity index (χ2n) is 8.29. The summed E-state index contributed by atoms with van der Waals surface area (Å²) in [6, 6.07) is 5.75. The highest BCUT2D eigenvalue weighted by atomic mass is 16.2. The summed E-state index contributed by atoms with van der Waals surface area (Å²) in [5, 5.41) is 8.45. The first-order chi connectivity index (χ1) is 14.2. The SMILES string of the molecule is O=C(c1nnc2n1CCCC2)N1CCCC12CCCN(Cc1ccccn1)C2=O. The van der Waals surface area contributed by atoms with Crippen molar-refractivity contribution in [1.29, 1.82) is 0 Å². The summed E-state index contributed by atoms with van der Waals surface area (Å²) in [7, 11) is 0. The first-order valence-electron chi connectivity index (χ1n) is 10.6. The molecule has 0 bridgehead atoms. The molecule has 3 aliphatic rings. The normalized spacial score (nSPS) is 24.2. The number of likely N-dealkylation sites (tertiary alicyclic amines) is 2. The molecule has 8 heteroatoms. The topological polar surface area (TPSA) is 84.2 Å². The zero-order chi connectivity index (χ0) is 19.8. The van der Waals surface area contributed by atoms with E-state index in [2.05, 4.69) is 15.2 Å². The van der Waals surface area contributed by atoms with Gasteiger partial charge in [-0.3, -0.25) is 14.6 Å². The number of amides is 2. The number of nitrogens with zero attached hydrogens (tertiary/aromatic N) is 6. The Labute approximate surface area is 169 Å². The molecule has 8 nitrogen and oxygen atoms in total. The van der Waals surface area contributed by atoms with Crippen LogP contribution in [0.15, 0.2) is 24.4 Å².